The third-order valence-electron chi connectivity index (χ3n) is 5.01. The molecule has 0 radical (unpaired) electrons. The molecule has 0 aliphatic rings. The van der Waals surface area contributed by atoms with E-state index < -0.39 is 27.7 Å². The summed E-state index contributed by atoms with van der Waals surface area (Å²) >= 11 is 0. The Kier molecular flexibility index (Phi) is 7.51. The van der Waals surface area contributed by atoms with Gasteiger partial charge in [-0.1, -0.05) is 30.3 Å². The Hall–Kier alpha value is -3.53. The maximum atomic E-state index is 13.3. The molecule has 6 nitrogen and oxygen atoms in total. The Balaban J connectivity index is 1.84. The van der Waals surface area contributed by atoms with Crippen LogP contribution in [0.4, 0.5) is 24.5 Å². The topological polar surface area (TPSA) is 75.7 Å². The van der Waals surface area contributed by atoms with Crippen molar-refractivity contribution in [1.82, 2.24) is 0 Å². The van der Waals surface area contributed by atoms with E-state index in [9.17, 15) is 26.4 Å². The Morgan fingerprint density at radius 3 is 2.21 bits per heavy atom. The summed E-state index contributed by atoms with van der Waals surface area (Å²) in [5.41, 5.74) is 0.183. The monoisotopic (exact) mass is 492 g/mol. The van der Waals surface area contributed by atoms with Crippen molar-refractivity contribution in [1.29, 1.82) is 0 Å². The van der Waals surface area contributed by atoms with Crippen LogP contribution in [-0.4, -0.2) is 28.0 Å². The van der Waals surface area contributed by atoms with E-state index in [1.54, 1.807) is 37.3 Å². The molecule has 0 aliphatic heterocycles. The van der Waals surface area contributed by atoms with Gasteiger partial charge in [-0.05, 0) is 55.0 Å². The molecular weight excluding hydrogens is 469 g/mol. The number of ether oxygens (including phenoxy) is 1. The second-order valence-electron chi connectivity index (χ2n) is 7.29. The van der Waals surface area contributed by atoms with Gasteiger partial charge in [0, 0.05) is 6.54 Å². The minimum atomic E-state index is -4.47. The van der Waals surface area contributed by atoms with Crippen LogP contribution < -0.4 is 14.4 Å². The summed E-state index contributed by atoms with van der Waals surface area (Å²) in [6.07, 6.45) is -4.67. The number of methoxy groups -OCH3 is 1. The molecule has 0 aromatic heterocycles. The lowest BCUT2D eigenvalue weighted by atomic mass is 10.1. The molecule has 0 spiro atoms. The minimum Gasteiger partial charge on any atom is -0.495 e. The lowest BCUT2D eigenvalue weighted by molar-refractivity contribution is -0.137. The number of alkyl halides is 3. The SMILES string of the molecule is CCN(c1ccccc1)S(=O)(=O)c1ccc(OC)c(NC(=O)Cc2ccc(C(F)(F)F)cc2)c1. The number of amides is 1. The first-order valence-electron chi connectivity index (χ1n) is 10.3. The summed E-state index contributed by atoms with van der Waals surface area (Å²) in [6.45, 7) is 1.90. The highest BCUT2D eigenvalue weighted by Gasteiger charge is 2.30. The van der Waals surface area contributed by atoms with Crippen molar-refractivity contribution >= 4 is 27.3 Å². The van der Waals surface area contributed by atoms with Crippen LogP contribution in [0.1, 0.15) is 18.1 Å². The number of rotatable bonds is 8. The Morgan fingerprint density at radius 2 is 1.65 bits per heavy atom. The van der Waals surface area contributed by atoms with Crippen LogP contribution in [0, 0.1) is 0 Å². The summed E-state index contributed by atoms with van der Waals surface area (Å²) in [4.78, 5) is 12.5. The lowest BCUT2D eigenvalue weighted by Crippen LogP contribution is -2.30. The maximum absolute atomic E-state index is 13.3. The van der Waals surface area contributed by atoms with Gasteiger partial charge in [0.15, 0.2) is 0 Å². The van der Waals surface area contributed by atoms with Gasteiger partial charge in [0.2, 0.25) is 5.91 Å². The van der Waals surface area contributed by atoms with E-state index in [1.165, 1.54) is 41.7 Å². The zero-order valence-electron chi connectivity index (χ0n) is 18.5. The van der Waals surface area contributed by atoms with E-state index in [0.717, 1.165) is 12.1 Å². The van der Waals surface area contributed by atoms with E-state index in [1.807, 2.05) is 0 Å². The van der Waals surface area contributed by atoms with E-state index in [2.05, 4.69) is 5.32 Å². The number of benzene rings is 3. The second kappa shape index (κ2) is 10.2. The van der Waals surface area contributed by atoms with Crippen LogP contribution in [0.25, 0.3) is 0 Å². The Morgan fingerprint density at radius 1 is 1.00 bits per heavy atom. The molecular formula is C24H23F3N2O4S. The fraction of sp³-hybridized carbons (Fsp3) is 0.208. The van der Waals surface area contributed by atoms with Crippen molar-refractivity contribution in [3.05, 3.63) is 83.9 Å². The number of halogens is 3. The summed E-state index contributed by atoms with van der Waals surface area (Å²) in [7, 11) is -2.57. The molecule has 0 heterocycles. The van der Waals surface area contributed by atoms with Gasteiger partial charge in [-0.15, -0.1) is 0 Å². The van der Waals surface area contributed by atoms with Gasteiger partial charge in [0.25, 0.3) is 10.0 Å². The smallest absolute Gasteiger partial charge is 0.416 e. The van der Waals surface area contributed by atoms with Crippen molar-refractivity contribution in [2.75, 3.05) is 23.3 Å². The molecule has 180 valence electrons. The molecule has 3 aromatic carbocycles. The number of hydrogen-bond acceptors (Lipinski definition) is 4. The normalized spacial score (nSPS) is 11.7. The molecule has 1 amide bonds. The maximum Gasteiger partial charge on any atom is 0.416 e. The van der Waals surface area contributed by atoms with Gasteiger partial charge < -0.3 is 10.1 Å². The fourth-order valence-electron chi connectivity index (χ4n) is 3.35. The Labute approximate surface area is 196 Å². The number of anilines is 2. The van der Waals surface area contributed by atoms with Crippen LogP contribution in [0.3, 0.4) is 0 Å². The number of para-hydroxylation sites is 1. The molecule has 0 unspecified atom stereocenters. The molecule has 0 bridgehead atoms. The van der Waals surface area contributed by atoms with Crippen LogP contribution in [0.5, 0.6) is 5.75 Å². The molecule has 0 atom stereocenters. The molecule has 3 aromatic rings. The molecule has 0 saturated carbocycles. The van der Waals surface area contributed by atoms with Crippen molar-refractivity contribution in [3.8, 4) is 5.75 Å². The third kappa shape index (κ3) is 5.69. The number of sulfonamides is 1. The highest BCUT2D eigenvalue weighted by Crippen LogP contribution is 2.31. The van der Waals surface area contributed by atoms with Crippen molar-refractivity contribution < 1.29 is 31.1 Å². The predicted molar refractivity (Wildman–Crippen MR) is 123 cm³/mol. The molecule has 0 aliphatic carbocycles. The highest BCUT2D eigenvalue weighted by atomic mass is 32.2. The van der Waals surface area contributed by atoms with Gasteiger partial charge in [-0.2, -0.15) is 13.2 Å². The van der Waals surface area contributed by atoms with Gasteiger partial charge >= 0.3 is 6.18 Å². The van der Waals surface area contributed by atoms with Crippen molar-refractivity contribution in [3.63, 3.8) is 0 Å². The summed E-state index contributed by atoms with van der Waals surface area (Å²) in [5.74, 6) is -0.300. The molecule has 1 N–H and O–H groups in total. The molecule has 34 heavy (non-hydrogen) atoms. The second-order valence-corrected chi connectivity index (χ2v) is 9.15. The van der Waals surface area contributed by atoms with E-state index in [4.69, 9.17) is 4.74 Å². The number of hydrogen-bond donors (Lipinski definition) is 1. The van der Waals surface area contributed by atoms with E-state index >= 15 is 0 Å². The fourth-order valence-corrected chi connectivity index (χ4v) is 4.85. The first-order chi connectivity index (χ1) is 16.1. The van der Waals surface area contributed by atoms with Crippen LogP contribution in [0.2, 0.25) is 0 Å². The van der Waals surface area contributed by atoms with Crippen molar-refractivity contribution in [2.24, 2.45) is 0 Å². The average Bonchev–Trinajstić information content (AvgIpc) is 2.79. The van der Waals surface area contributed by atoms with Gasteiger partial charge in [-0.25, -0.2) is 8.42 Å². The first-order valence-corrected chi connectivity index (χ1v) is 11.7. The van der Waals surface area contributed by atoms with E-state index in [-0.39, 0.29) is 29.3 Å². The van der Waals surface area contributed by atoms with Crippen LogP contribution in [0.15, 0.2) is 77.7 Å². The summed E-state index contributed by atoms with van der Waals surface area (Å²) in [6, 6.07) is 17.0. The number of nitrogens with zero attached hydrogens (tertiary/aromatic N) is 1. The molecule has 0 fully saturated rings. The standard InChI is InChI=1S/C24H23F3N2O4S/c1-3-29(19-7-5-4-6-8-19)34(31,32)20-13-14-22(33-2)21(16-20)28-23(30)15-17-9-11-18(12-10-17)24(25,26)27/h4-14,16H,3,15H2,1-2H3,(H,28,30). The first kappa shape index (κ1) is 25.1. The zero-order chi connectivity index (χ0) is 24.9. The number of nitrogens with one attached hydrogen (secondary N) is 1. The number of carbonyl (C=O) groups is 1. The summed E-state index contributed by atoms with van der Waals surface area (Å²) in [5, 5.41) is 2.59. The van der Waals surface area contributed by atoms with Crippen LogP contribution in [-0.2, 0) is 27.4 Å². The highest BCUT2D eigenvalue weighted by molar-refractivity contribution is 7.92. The predicted octanol–water partition coefficient (Wildman–Crippen LogP) is 5.11. The van der Waals surface area contributed by atoms with E-state index in [0.29, 0.717) is 11.3 Å². The third-order valence-corrected chi connectivity index (χ3v) is 6.91. The molecule has 0 saturated heterocycles. The largest absolute Gasteiger partial charge is 0.495 e. The van der Waals surface area contributed by atoms with Crippen molar-refractivity contribution in [2.45, 2.75) is 24.4 Å². The quantitative estimate of drug-likeness (QED) is 0.474. The van der Waals surface area contributed by atoms with Gasteiger partial charge in [0.05, 0.1) is 35.4 Å². The summed E-state index contributed by atoms with van der Waals surface area (Å²) < 4.78 is 71.2. The Bertz CT molecular complexity index is 1250. The van der Waals surface area contributed by atoms with Gasteiger partial charge in [-0.3, -0.25) is 9.10 Å². The molecule has 3 rings (SSSR count). The lowest BCUT2D eigenvalue weighted by Gasteiger charge is -2.23. The average molecular weight is 493 g/mol. The van der Waals surface area contributed by atoms with Gasteiger partial charge in [0.1, 0.15) is 5.75 Å². The molecule has 10 heteroatoms. The minimum absolute atomic E-state index is 0.0520. The van der Waals surface area contributed by atoms with Crippen LogP contribution >= 0.6 is 0 Å². The zero-order valence-corrected chi connectivity index (χ0v) is 19.3. The number of carbonyl (C=O) groups excluding carboxylic acids is 1.